The predicted octanol–water partition coefficient (Wildman–Crippen LogP) is 1.42. The third-order valence-electron chi connectivity index (χ3n) is 3.36. The van der Waals surface area contributed by atoms with Crippen LogP contribution in [0.2, 0.25) is 0 Å². The van der Waals surface area contributed by atoms with Gasteiger partial charge in [-0.3, -0.25) is 4.79 Å². The van der Waals surface area contributed by atoms with E-state index in [0.29, 0.717) is 5.76 Å². The number of rotatable bonds is 7. The third kappa shape index (κ3) is 5.09. The van der Waals surface area contributed by atoms with Crippen LogP contribution in [0.15, 0.2) is 34.9 Å². The SMILES string of the molecule is Cc1cccc(CC(=O)NCCN(c2cc(C)on2)S(C)(=O)=O)c1. The van der Waals surface area contributed by atoms with Crippen molar-refractivity contribution in [1.29, 1.82) is 0 Å². The van der Waals surface area contributed by atoms with Crippen molar-refractivity contribution in [1.82, 2.24) is 10.5 Å². The molecule has 130 valence electrons. The summed E-state index contributed by atoms with van der Waals surface area (Å²) < 4.78 is 29.8. The molecule has 0 aliphatic heterocycles. The van der Waals surface area contributed by atoms with E-state index in [-0.39, 0.29) is 31.2 Å². The second-order valence-corrected chi connectivity index (χ2v) is 7.55. The van der Waals surface area contributed by atoms with E-state index in [2.05, 4.69) is 10.5 Å². The molecular weight excluding hydrogens is 330 g/mol. The van der Waals surface area contributed by atoms with E-state index < -0.39 is 10.0 Å². The van der Waals surface area contributed by atoms with Crippen molar-refractivity contribution in [3.05, 3.63) is 47.2 Å². The van der Waals surface area contributed by atoms with Crippen molar-refractivity contribution < 1.29 is 17.7 Å². The van der Waals surface area contributed by atoms with Crippen LogP contribution in [-0.2, 0) is 21.2 Å². The Bertz CT molecular complexity index is 814. The standard InChI is InChI=1S/C16H21N3O4S/c1-12-5-4-6-14(9-12)11-16(20)17-7-8-19(24(3,21)22)15-10-13(2)23-18-15/h4-6,9-10H,7-8,11H2,1-3H3,(H,17,20). The quantitative estimate of drug-likeness (QED) is 0.814. The molecular formula is C16H21N3O4S. The zero-order chi connectivity index (χ0) is 17.7. The first-order valence-corrected chi connectivity index (χ1v) is 9.34. The molecule has 0 spiro atoms. The van der Waals surface area contributed by atoms with Gasteiger partial charge in [-0.2, -0.15) is 0 Å². The maximum atomic E-state index is 12.0. The van der Waals surface area contributed by atoms with Gasteiger partial charge in [0.25, 0.3) is 0 Å². The first-order chi connectivity index (χ1) is 11.3. The predicted molar refractivity (Wildman–Crippen MR) is 91.3 cm³/mol. The zero-order valence-corrected chi connectivity index (χ0v) is 14.8. The minimum atomic E-state index is -3.51. The number of amides is 1. The molecule has 7 nitrogen and oxygen atoms in total. The van der Waals surface area contributed by atoms with Gasteiger partial charge in [0, 0.05) is 12.6 Å². The summed E-state index contributed by atoms with van der Waals surface area (Å²) >= 11 is 0. The number of hydrogen-bond donors (Lipinski definition) is 1. The lowest BCUT2D eigenvalue weighted by Gasteiger charge is -2.19. The fourth-order valence-corrected chi connectivity index (χ4v) is 3.14. The van der Waals surface area contributed by atoms with Crippen LogP contribution in [0.4, 0.5) is 5.82 Å². The van der Waals surface area contributed by atoms with E-state index >= 15 is 0 Å². The van der Waals surface area contributed by atoms with E-state index in [1.54, 1.807) is 6.92 Å². The normalized spacial score (nSPS) is 11.3. The molecule has 0 saturated carbocycles. The minimum Gasteiger partial charge on any atom is -0.360 e. The van der Waals surface area contributed by atoms with Crippen molar-refractivity contribution in [3.8, 4) is 0 Å². The van der Waals surface area contributed by atoms with Gasteiger partial charge in [0.2, 0.25) is 15.9 Å². The van der Waals surface area contributed by atoms with Crippen LogP contribution in [0, 0.1) is 13.8 Å². The van der Waals surface area contributed by atoms with Gasteiger partial charge in [-0.15, -0.1) is 0 Å². The lowest BCUT2D eigenvalue weighted by atomic mass is 10.1. The van der Waals surface area contributed by atoms with Crippen molar-refractivity contribution in [2.75, 3.05) is 23.7 Å². The second kappa shape index (κ2) is 7.48. The fraction of sp³-hybridized carbons (Fsp3) is 0.375. The van der Waals surface area contributed by atoms with Crippen molar-refractivity contribution in [2.45, 2.75) is 20.3 Å². The highest BCUT2D eigenvalue weighted by Crippen LogP contribution is 2.16. The van der Waals surface area contributed by atoms with Gasteiger partial charge < -0.3 is 9.84 Å². The van der Waals surface area contributed by atoms with Gasteiger partial charge in [-0.1, -0.05) is 35.0 Å². The van der Waals surface area contributed by atoms with Crippen LogP contribution in [0.25, 0.3) is 0 Å². The van der Waals surface area contributed by atoms with Gasteiger partial charge in [0.1, 0.15) is 5.76 Å². The number of carbonyl (C=O) groups excluding carboxylic acids is 1. The number of aromatic nitrogens is 1. The van der Waals surface area contributed by atoms with Gasteiger partial charge in [-0.05, 0) is 19.4 Å². The van der Waals surface area contributed by atoms with Gasteiger partial charge >= 0.3 is 0 Å². The summed E-state index contributed by atoms with van der Waals surface area (Å²) in [6, 6.07) is 9.23. The molecule has 1 aromatic carbocycles. The van der Waals surface area contributed by atoms with Crippen molar-refractivity contribution in [3.63, 3.8) is 0 Å². The Morgan fingerprint density at radius 1 is 1.29 bits per heavy atom. The number of benzene rings is 1. The summed E-state index contributed by atoms with van der Waals surface area (Å²) in [7, 11) is -3.51. The Morgan fingerprint density at radius 2 is 2.04 bits per heavy atom. The number of nitrogens with one attached hydrogen (secondary N) is 1. The number of anilines is 1. The molecule has 0 radical (unpaired) electrons. The van der Waals surface area contributed by atoms with Gasteiger partial charge in [0.15, 0.2) is 5.82 Å². The first kappa shape index (κ1) is 18.0. The maximum Gasteiger partial charge on any atom is 0.233 e. The number of sulfonamides is 1. The van der Waals surface area contributed by atoms with Crippen LogP contribution in [0.1, 0.15) is 16.9 Å². The van der Waals surface area contributed by atoms with Gasteiger partial charge in [0.05, 0.1) is 19.2 Å². The molecule has 1 aromatic heterocycles. The molecule has 1 heterocycles. The lowest BCUT2D eigenvalue weighted by Crippen LogP contribution is -2.38. The number of nitrogens with zero attached hydrogens (tertiary/aromatic N) is 2. The van der Waals surface area contributed by atoms with Crippen LogP contribution >= 0.6 is 0 Å². The average molecular weight is 351 g/mol. The molecule has 0 atom stereocenters. The molecule has 0 fully saturated rings. The van der Waals surface area contributed by atoms with E-state index in [9.17, 15) is 13.2 Å². The van der Waals surface area contributed by atoms with Crippen molar-refractivity contribution >= 4 is 21.7 Å². The summed E-state index contributed by atoms with van der Waals surface area (Å²) in [5, 5.41) is 6.44. The van der Waals surface area contributed by atoms with E-state index in [1.807, 2.05) is 31.2 Å². The summed E-state index contributed by atoms with van der Waals surface area (Å²) in [5.41, 5.74) is 2.00. The molecule has 0 unspecified atom stereocenters. The molecule has 2 rings (SSSR count). The van der Waals surface area contributed by atoms with Gasteiger partial charge in [-0.25, -0.2) is 12.7 Å². The zero-order valence-electron chi connectivity index (χ0n) is 13.9. The topological polar surface area (TPSA) is 92.5 Å². The highest BCUT2D eigenvalue weighted by atomic mass is 32.2. The molecule has 1 amide bonds. The summed E-state index contributed by atoms with van der Waals surface area (Å²) in [6.07, 6.45) is 1.34. The maximum absolute atomic E-state index is 12.0. The monoisotopic (exact) mass is 351 g/mol. The van der Waals surface area contributed by atoms with E-state index in [4.69, 9.17) is 4.52 Å². The van der Waals surface area contributed by atoms with Crippen LogP contribution in [0.3, 0.4) is 0 Å². The molecule has 24 heavy (non-hydrogen) atoms. The minimum absolute atomic E-state index is 0.0877. The van der Waals surface area contributed by atoms with Crippen LogP contribution < -0.4 is 9.62 Å². The Kier molecular flexibility index (Phi) is 5.61. The van der Waals surface area contributed by atoms with Crippen LogP contribution in [-0.4, -0.2) is 38.8 Å². The summed E-state index contributed by atoms with van der Waals surface area (Å²) in [5.74, 6) is 0.565. The highest BCUT2D eigenvalue weighted by Gasteiger charge is 2.20. The Balaban J connectivity index is 1.92. The molecule has 8 heteroatoms. The largest absolute Gasteiger partial charge is 0.360 e. The lowest BCUT2D eigenvalue weighted by molar-refractivity contribution is -0.120. The third-order valence-corrected chi connectivity index (χ3v) is 4.53. The molecule has 0 aliphatic rings. The summed E-state index contributed by atoms with van der Waals surface area (Å²) in [4.78, 5) is 12.0. The highest BCUT2D eigenvalue weighted by molar-refractivity contribution is 7.92. The Hall–Kier alpha value is -2.35. The molecule has 2 aromatic rings. The smallest absolute Gasteiger partial charge is 0.233 e. The molecule has 1 N–H and O–H groups in total. The molecule has 0 aliphatic carbocycles. The number of carbonyl (C=O) groups is 1. The molecule has 0 bridgehead atoms. The van der Waals surface area contributed by atoms with E-state index in [1.165, 1.54) is 6.07 Å². The number of hydrogen-bond acceptors (Lipinski definition) is 5. The van der Waals surface area contributed by atoms with E-state index in [0.717, 1.165) is 21.7 Å². The van der Waals surface area contributed by atoms with Crippen LogP contribution in [0.5, 0.6) is 0 Å². The average Bonchev–Trinajstić information content (AvgIpc) is 2.88. The first-order valence-electron chi connectivity index (χ1n) is 7.49. The fourth-order valence-electron chi connectivity index (χ4n) is 2.29. The summed E-state index contributed by atoms with van der Waals surface area (Å²) in [6.45, 7) is 3.92. The number of aryl methyl sites for hydroxylation is 2. The second-order valence-electron chi connectivity index (χ2n) is 5.65. The Morgan fingerprint density at radius 3 is 2.62 bits per heavy atom. The van der Waals surface area contributed by atoms with Crippen molar-refractivity contribution in [2.24, 2.45) is 0 Å². The Labute approximate surface area is 141 Å². The molecule has 0 saturated heterocycles.